The van der Waals surface area contributed by atoms with Gasteiger partial charge in [0.05, 0.1) is 13.2 Å². The van der Waals surface area contributed by atoms with Gasteiger partial charge in [0.1, 0.15) is 11.6 Å². The van der Waals surface area contributed by atoms with Gasteiger partial charge in [0.25, 0.3) is 10.2 Å². The zero-order chi connectivity index (χ0) is 21.2. The summed E-state index contributed by atoms with van der Waals surface area (Å²) in [7, 11) is -3.53. The van der Waals surface area contributed by atoms with E-state index < -0.39 is 27.9 Å². The number of rotatable bonds is 3. The number of carbonyl (C=O) groups excluding carboxylic acids is 2. The van der Waals surface area contributed by atoms with Crippen molar-refractivity contribution < 1.29 is 27.5 Å². The van der Waals surface area contributed by atoms with Crippen LogP contribution >= 0.6 is 0 Å². The Labute approximate surface area is 172 Å². The van der Waals surface area contributed by atoms with Crippen molar-refractivity contribution in [2.24, 2.45) is 0 Å². The molecule has 166 valence electrons. The highest BCUT2D eigenvalue weighted by molar-refractivity contribution is 7.86. The lowest BCUT2D eigenvalue weighted by molar-refractivity contribution is -0.137. The standard InChI is InChI=1S/C18H32N4O6S/c1-18(2,3)28-17(24)22-6-4-5-15(22)16(23)19-7-9-20(10-8-19)29(25,26)21-11-13-27-14-12-21/h15H,4-14H2,1-3H3/t15-/m0/s1. The molecule has 11 heteroatoms. The summed E-state index contributed by atoms with van der Waals surface area (Å²) in [5.41, 5.74) is -0.618. The second-order valence-corrected chi connectivity index (χ2v) is 10.5. The molecule has 0 radical (unpaired) electrons. The van der Waals surface area contributed by atoms with Crippen LogP contribution in [0.4, 0.5) is 4.79 Å². The minimum atomic E-state index is -3.53. The van der Waals surface area contributed by atoms with E-state index in [0.29, 0.717) is 52.4 Å². The van der Waals surface area contributed by atoms with Gasteiger partial charge in [-0.3, -0.25) is 9.69 Å². The molecule has 0 bridgehead atoms. The van der Waals surface area contributed by atoms with Crippen LogP contribution in [0.3, 0.4) is 0 Å². The summed E-state index contributed by atoms with van der Waals surface area (Å²) in [5.74, 6) is -0.128. The first-order chi connectivity index (χ1) is 13.6. The number of hydrogen-bond acceptors (Lipinski definition) is 6. The van der Waals surface area contributed by atoms with Gasteiger partial charge in [0.2, 0.25) is 5.91 Å². The molecule has 0 N–H and O–H groups in total. The van der Waals surface area contributed by atoms with Gasteiger partial charge in [0.15, 0.2) is 0 Å². The van der Waals surface area contributed by atoms with Gasteiger partial charge in [-0.25, -0.2) is 4.79 Å². The zero-order valence-corrected chi connectivity index (χ0v) is 18.3. The predicted molar refractivity (Wildman–Crippen MR) is 105 cm³/mol. The summed E-state index contributed by atoms with van der Waals surface area (Å²) in [6.07, 6.45) is 0.882. The van der Waals surface area contributed by atoms with Crippen LogP contribution in [0.1, 0.15) is 33.6 Å². The fourth-order valence-electron chi connectivity index (χ4n) is 3.85. The monoisotopic (exact) mass is 432 g/mol. The molecule has 29 heavy (non-hydrogen) atoms. The second kappa shape index (κ2) is 8.75. The lowest BCUT2D eigenvalue weighted by Gasteiger charge is -2.39. The first-order valence-corrected chi connectivity index (χ1v) is 11.6. The lowest BCUT2D eigenvalue weighted by Crippen LogP contribution is -2.58. The molecular weight excluding hydrogens is 400 g/mol. The van der Waals surface area contributed by atoms with Crippen LogP contribution in [0, 0.1) is 0 Å². The van der Waals surface area contributed by atoms with E-state index in [4.69, 9.17) is 9.47 Å². The van der Waals surface area contributed by atoms with Crippen molar-refractivity contribution in [1.82, 2.24) is 18.4 Å². The van der Waals surface area contributed by atoms with Crippen molar-refractivity contribution in [3.05, 3.63) is 0 Å². The number of carbonyl (C=O) groups is 2. The summed E-state index contributed by atoms with van der Waals surface area (Å²) in [6, 6.07) is -0.535. The van der Waals surface area contributed by atoms with E-state index in [-0.39, 0.29) is 19.0 Å². The molecule has 3 fully saturated rings. The van der Waals surface area contributed by atoms with Gasteiger partial charge in [-0.1, -0.05) is 0 Å². The number of piperazine rings is 1. The molecule has 2 amide bonds. The fourth-order valence-corrected chi connectivity index (χ4v) is 5.41. The molecule has 3 rings (SSSR count). The van der Waals surface area contributed by atoms with Crippen molar-refractivity contribution >= 4 is 22.2 Å². The molecule has 3 aliphatic rings. The summed E-state index contributed by atoms with van der Waals surface area (Å²) in [5, 5.41) is 0. The number of hydrogen-bond donors (Lipinski definition) is 0. The molecule has 10 nitrogen and oxygen atoms in total. The highest BCUT2D eigenvalue weighted by Crippen LogP contribution is 2.23. The SMILES string of the molecule is CC(C)(C)OC(=O)N1CCC[C@H]1C(=O)N1CCN(S(=O)(=O)N2CCOCC2)CC1. The fraction of sp³-hybridized carbons (Fsp3) is 0.889. The Morgan fingerprint density at radius 3 is 2.10 bits per heavy atom. The third-order valence-electron chi connectivity index (χ3n) is 5.34. The molecule has 0 aromatic rings. The molecular formula is C18H32N4O6S. The summed E-state index contributed by atoms with van der Waals surface area (Å²) in [4.78, 5) is 28.6. The Morgan fingerprint density at radius 1 is 0.931 bits per heavy atom. The molecule has 0 saturated carbocycles. The third kappa shape index (κ3) is 5.19. The van der Waals surface area contributed by atoms with Crippen molar-refractivity contribution in [1.29, 1.82) is 0 Å². The number of nitrogens with zero attached hydrogens (tertiary/aromatic N) is 4. The average molecular weight is 433 g/mol. The number of morpholine rings is 1. The van der Waals surface area contributed by atoms with E-state index in [1.165, 1.54) is 13.5 Å². The minimum Gasteiger partial charge on any atom is -0.444 e. The third-order valence-corrected chi connectivity index (χ3v) is 7.37. The molecule has 3 aliphatic heterocycles. The Hall–Kier alpha value is -1.43. The topological polar surface area (TPSA) is 99.7 Å². The Bertz CT molecular complexity index is 708. The number of ether oxygens (including phenoxy) is 2. The Morgan fingerprint density at radius 2 is 1.52 bits per heavy atom. The van der Waals surface area contributed by atoms with Gasteiger partial charge in [-0.05, 0) is 33.6 Å². The highest BCUT2D eigenvalue weighted by atomic mass is 32.2. The second-order valence-electron chi connectivity index (χ2n) is 8.58. The van der Waals surface area contributed by atoms with Crippen LogP contribution in [-0.2, 0) is 24.5 Å². The van der Waals surface area contributed by atoms with Gasteiger partial charge >= 0.3 is 6.09 Å². The predicted octanol–water partition coefficient (Wildman–Crippen LogP) is 0.107. The summed E-state index contributed by atoms with van der Waals surface area (Å²) < 4.78 is 39.1. The van der Waals surface area contributed by atoms with Crippen LogP contribution < -0.4 is 0 Å². The van der Waals surface area contributed by atoms with E-state index in [1.54, 1.807) is 25.7 Å². The average Bonchev–Trinajstić information content (AvgIpc) is 3.17. The maximum atomic E-state index is 13.0. The normalized spacial score (nSPS) is 25.3. The number of amides is 2. The first kappa shape index (κ1) is 22.3. The molecule has 0 aromatic heterocycles. The van der Waals surface area contributed by atoms with Gasteiger partial charge in [-0.2, -0.15) is 17.0 Å². The molecule has 3 saturated heterocycles. The molecule has 0 aromatic carbocycles. The van der Waals surface area contributed by atoms with Gasteiger partial charge in [0, 0.05) is 45.8 Å². The van der Waals surface area contributed by atoms with Crippen molar-refractivity contribution in [2.75, 3.05) is 59.0 Å². The number of likely N-dealkylation sites (tertiary alicyclic amines) is 1. The molecule has 0 aliphatic carbocycles. The smallest absolute Gasteiger partial charge is 0.410 e. The van der Waals surface area contributed by atoms with E-state index in [0.717, 1.165) is 6.42 Å². The molecule has 0 unspecified atom stereocenters. The van der Waals surface area contributed by atoms with E-state index in [1.807, 2.05) is 0 Å². The zero-order valence-electron chi connectivity index (χ0n) is 17.5. The van der Waals surface area contributed by atoms with Gasteiger partial charge in [-0.15, -0.1) is 0 Å². The van der Waals surface area contributed by atoms with Crippen molar-refractivity contribution in [2.45, 2.75) is 45.3 Å². The molecule has 3 heterocycles. The van der Waals surface area contributed by atoms with Crippen LogP contribution in [0.2, 0.25) is 0 Å². The quantitative estimate of drug-likeness (QED) is 0.628. The van der Waals surface area contributed by atoms with Gasteiger partial charge < -0.3 is 14.4 Å². The maximum absolute atomic E-state index is 13.0. The van der Waals surface area contributed by atoms with E-state index >= 15 is 0 Å². The van der Waals surface area contributed by atoms with E-state index in [2.05, 4.69) is 0 Å². The summed E-state index contributed by atoms with van der Waals surface area (Å²) >= 11 is 0. The lowest BCUT2D eigenvalue weighted by atomic mass is 10.1. The highest BCUT2D eigenvalue weighted by Gasteiger charge is 2.40. The Kier molecular flexibility index (Phi) is 6.71. The first-order valence-electron chi connectivity index (χ1n) is 10.2. The van der Waals surface area contributed by atoms with Crippen LogP contribution in [-0.4, -0.2) is 109 Å². The minimum absolute atomic E-state index is 0.128. The van der Waals surface area contributed by atoms with Crippen molar-refractivity contribution in [3.8, 4) is 0 Å². The van der Waals surface area contributed by atoms with Crippen LogP contribution in [0.25, 0.3) is 0 Å². The van der Waals surface area contributed by atoms with Crippen LogP contribution in [0.5, 0.6) is 0 Å². The van der Waals surface area contributed by atoms with Crippen molar-refractivity contribution in [3.63, 3.8) is 0 Å². The van der Waals surface area contributed by atoms with Crippen LogP contribution in [0.15, 0.2) is 0 Å². The Balaban J connectivity index is 1.57. The maximum Gasteiger partial charge on any atom is 0.410 e. The molecule has 1 atom stereocenters. The van der Waals surface area contributed by atoms with E-state index in [9.17, 15) is 18.0 Å². The summed E-state index contributed by atoms with van der Waals surface area (Å²) in [6.45, 7) is 8.56. The largest absolute Gasteiger partial charge is 0.444 e. The molecule has 0 spiro atoms.